The van der Waals surface area contributed by atoms with E-state index in [-0.39, 0.29) is 12.3 Å². The highest BCUT2D eigenvalue weighted by Gasteiger charge is 2.08. The first-order chi connectivity index (χ1) is 11.6. The highest BCUT2D eigenvalue weighted by Crippen LogP contribution is 2.12. The lowest BCUT2D eigenvalue weighted by Crippen LogP contribution is -2.38. The molecule has 3 rings (SSSR count). The first-order valence-electron chi connectivity index (χ1n) is 7.18. The van der Waals surface area contributed by atoms with Crippen LogP contribution in [0.3, 0.4) is 0 Å². The molecule has 1 N–H and O–H groups in total. The van der Waals surface area contributed by atoms with E-state index in [1.165, 1.54) is 35.3 Å². The minimum atomic E-state index is -0.509. The summed E-state index contributed by atoms with van der Waals surface area (Å²) in [6.07, 6.45) is 4.07. The number of aromatic hydroxyl groups is 1. The van der Waals surface area contributed by atoms with Crippen LogP contribution in [0.2, 0.25) is 0 Å². The van der Waals surface area contributed by atoms with E-state index in [9.17, 15) is 14.7 Å². The molecule has 0 spiro atoms. The lowest BCUT2D eigenvalue weighted by molar-refractivity contribution is 0.414. The van der Waals surface area contributed by atoms with Crippen LogP contribution >= 0.6 is 0 Å². The van der Waals surface area contributed by atoms with Crippen LogP contribution in [0.1, 0.15) is 5.56 Å². The fourth-order valence-corrected chi connectivity index (χ4v) is 2.32. The van der Waals surface area contributed by atoms with Gasteiger partial charge in [-0.1, -0.05) is 12.1 Å². The Bertz CT molecular complexity index is 974. The van der Waals surface area contributed by atoms with Crippen LogP contribution in [0.15, 0.2) is 64.6 Å². The minimum absolute atomic E-state index is 0.0627. The van der Waals surface area contributed by atoms with Crippen molar-refractivity contribution < 1.29 is 9.84 Å². The van der Waals surface area contributed by atoms with E-state index in [0.717, 1.165) is 10.1 Å². The van der Waals surface area contributed by atoms with Crippen molar-refractivity contribution in [1.82, 2.24) is 14.1 Å². The first kappa shape index (κ1) is 15.5. The zero-order valence-electron chi connectivity index (χ0n) is 12.9. The maximum Gasteiger partial charge on any atom is 0.335 e. The maximum absolute atomic E-state index is 12.6. The monoisotopic (exact) mass is 325 g/mol. The highest BCUT2D eigenvalue weighted by molar-refractivity contribution is 5.34. The zero-order chi connectivity index (χ0) is 17.1. The van der Waals surface area contributed by atoms with Crippen LogP contribution in [0.25, 0.3) is 5.69 Å². The van der Waals surface area contributed by atoms with Crippen molar-refractivity contribution in [3.63, 3.8) is 0 Å². The van der Waals surface area contributed by atoms with Gasteiger partial charge in [-0.15, -0.1) is 0 Å². The number of methoxy groups -OCH3 is 1. The summed E-state index contributed by atoms with van der Waals surface area (Å²) in [5.41, 5.74) is 0.260. The first-order valence-corrected chi connectivity index (χ1v) is 7.18. The Kier molecular flexibility index (Phi) is 4.15. The Morgan fingerprint density at radius 2 is 1.88 bits per heavy atom. The van der Waals surface area contributed by atoms with Crippen molar-refractivity contribution in [3.8, 4) is 17.2 Å². The second-order valence-corrected chi connectivity index (χ2v) is 5.14. The summed E-state index contributed by atoms with van der Waals surface area (Å²) in [6.45, 7) is 0.134. The molecule has 0 atom stereocenters. The molecule has 3 aromatic rings. The summed E-state index contributed by atoms with van der Waals surface area (Å²) in [5.74, 6) is 0.634. The number of hydrogen-bond acceptors (Lipinski definition) is 5. The number of pyridine rings is 1. The van der Waals surface area contributed by atoms with Gasteiger partial charge in [0.25, 0.3) is 5.56 Å². The molecule has 7 heteroatoms. The molecule has 0 aliphatic rings. The number of benzene rings is 1. The smallest absolute Gasteiger partial charge is 0.335 e. The van der Waals surface area contributed by atoms with Gasteiger partial charge >= 0.3 is 5.69 Å². The summed E-state index contributed by atoms with van der Waals surface area (Å²) >= 11 is 0. The molecule has 2 aromatic heterocycles. The van der Waals surface area contributed by atoms with Gasteiger partial charge in [0.2, 0.25) is 0 Å². The topological polar surface area (TPSA) is 86.3 Å². The molecule has 0 aliphatic heterocycles. The van der Waals surface area contributed by atoms with Crippen LogP contribution in [0.4, 0.5) is 0 Å². The van der Waals surface area contributed by atoms with Gasteiger partial charge < -0.3 is 9.84 Å². The molecule has 2 heterocycles. The third-order valence-corrected chi connectivity index (χ3v) is 3.56. The summed E-state index contributed by atoms with van der Waals surface area (Å²) in [6, 6.07) is 9.81. The Labute approximate surface area is 137 Å². The van der Waals surface area contributed by atoms with E-state index in [1.54, 1.807) is 31.4 Å². The number of rotatable bonds is 4. The number of nitrogens with zero attached hydrogens (tertiary/aromatic N) is 3. The van der Waals surface area contributed by atoms with Crippen molar-refractivity contribution in [2.45, 2.75) is 6.54 Å². The molecule has 0 aliphatic carbocycles. The molecular formula is C17H15N3O4. The molecular weight excluding hydrogens is 310 g/mol. The van der Waals surface area contributed by atoms with Crippen LogP contribution in [-0.2, 0) is 6.54 Å². The van der Waals surface area contributed by atoms with E-state index in [0.29, 0.717) is 11.4 Å². The van der Waals surface area contributed by atoms with E-state index in [1.807, 2.05) is 0 Å². The number of aromatic nitrogens is 3. The van der Waals surface area contributed by atoms with Crippen LogP contribution in [0.5, 0.6) is 11.5 Å². The number of ether oxygens (including phenoxy) is 1. The Balaban J connectivity index is 2.03. The molecule has 0 bridgehead atoms. The number of hydrogen-bond donors (Lipinski definition) is 1. The average Bonchev–Trinajstić information content (AvgIpc) is 2.59. The predicted molar refractivity (Wildman–Crippen MR) is 87.9 cm³/mol. The fourth-order valence-electron chi connectivity index (χ4n) is 2.32. The normalized spacial score (nSPS) is 10.5. The molecule has 0 amide bonds. The standard InChI is InChI=1S/C17H15N3O4/c1-24-15-4-2-12(3-5-15)11-20-16(22)6-7-19(17(20)23)13-8-14(21)10-18-9-13/h2-10,21H,11H2,1H3. The van der Waals surface area contributed by atoms with Gasteiger partial charge in [0.05, 0.1) is 31.7 Å². The lowest BCUT2D eigenvalue weighted by atomic mass is 10.2. The van der Waals surface area contributed by atoms with Crippen LogP contribution in [-0.4, -0.2) is 26.3 Å². The van der Waals surface area contributed by atoms with Gasteiger partial charge in [-0.2, -0.15) is 0 Å². The maximum atomic E-state index is 12.6. The average molecular weight is 325 g/mol. The largest absolute Gasteiger partial charge is 0.506 e. The van der Waals surface area contributed by atoms with E-state index >= 15 is 0 Å². The van der Waals surface area contributed by atoms with E-state index < -0.39 is 11.2 Å². The molecule has 122 valence electrons. The molecule has 0 unspecified atom stereocenters. The van der Waals surface area contributed by atoms with Crippen LogP contribution in [0, 0.1) is 0 Å². The molecule has 1 aromatic carbocycles. The van der Waals surface area contributed by atoms with Gasteiger partial charge in [-0.05, 0) is 17.7 Å². The second kappa shape index (κ2) is 6.41. The molecule has 0 radical (unpaired) electrons. The van der Waals surface area contributed by atoms with Crippen molar-refractivity contribution in [1.29, 1.82) is 0 Å². The minimum Gasteiger partial charge on any atom is -0.506 e. The molecule has 0 saturated heterocycles. The van der Waals surface area contributed by atoms with Gasteiger partial charge in [0, 0.05) is 18.3 Å². The Morgan fingerprint density at radius 3 is 2.54 bits per heavy atom. The summed E-state index contributed by atoms with van der Waals surface area (Å²) in [4.78, 5) is 28.5. The van der Waals surface area contributed by atoms with Gasteiger partial charge in [0.1, 0.15) is 11.5 Å². The van der Waals surface area contributed by atoms with Gasteiger partial charge in [-0.3, -0.25) is 18.9 Å². The van der Waals surface area contributed by atoms with Crippen molar-refractivity contribution in [2.24, 2.45) is 0 Å². The third kappa shape index (κ3) is 3.05. The van der Waals surface area contributed by atoms with Crippen molar-refractivity contribution in [3.05, 3.63) is 81.4 Å². The molecule has 7 nitrogen and oxygen atoms in total. The fraction of sp³-hybridized carbons (Fsp3) is 0.118. The third-order valence-electron chi connectivity index (χ3n) is 3.56. The molecule has 0 fully saturated rings. The highest BCUT2D eigenvalue weighted by atomic mass is 16.5. The summed E-state index contributed by atoms with van der Waals surface area (Å²) < 4.78 is 7.47. The van der Waals surface area contributed by atoms with Gasteiger partial charge in [0.15, 0.2) is 0 Å². The lowest BCUT2D eigenvalue weighted by Gasteiger charge is -2.10. The summed E-state index contributed by atoms with van der Waals surface area (Å²) in [5, 5.41) is 9.52. The SMILES string of the molecule is COc1ccc(Cn2c(=O)ccn(-c3cncc(O)c3)c2=O)cc1. The zero-order valence-corrected chi connectivity index (χ0v) is 12.9. The van der Waals surface area contributed by atoms with E-state index in [2.05, 4.69) is 4.98 Å². The Hall–Kier alpha value is -3.35. The summed E-state index contributed by atoms with van der Waals surface area (Å²) in [7, 11) is 1.57. The van der Waals surface area contributed by atoms with Crippen molar-refractivity contribution >= 4 is 0 Å². The Morgan fingerprint density at radius 1 is 1.12 bits per heavy atom. The quantitative estimate of drug-likeness (QED) is 0.778. The second-order valence-electron chi connectivity index (χ2n) is 5.14. The van der Waals surface area contributed by atoms with Crippen molar-refractivity contribution in [2.75, 3.05) is 7.11 Å². The van der Waals surface area contributed by atoms with E-state index in [4.69, 9.17) is 4.74 Å². The molecule has 0 saturated carbocycles. The predicted octanol–water partition coefficient (Wildman–Crippen LogP) is 1.16. The molecule has 24 heavy (non-hydrogen) atoms. The van der Waals surface area contributed by atoms with Crippen LogP contribution < -0.4 is 16.0 Å². The van der Waals surface area contributed by atoms with Gasteiger partial charge in [-0.25, -0.2) is 4.79 Å².